The van der Waals surface area contributed by atoms with Crippen molar-refractivity contribution in [3.63, 3.8) is 0 Å². The SMILES string of the molecule is CC1CCC(C)(N2CCC(NC=O)CC2)CC1. The Labute approximate surface area is 105 Å². The maximum Gasteiger partial charge on any atom is 0.207 e. The van der Waals surface area contributed by atoms with E-state index in [4.69, 9.17) is 0 Å². The Morgan fingerprint density at radius 2 is 1.76 bits per heavy atom. The average molecular weight is 238 g/mol. The van der Waals surface area contributed by atoms with Gasteiger partial charge in [-0.25, -0.2) is 0 Å². The summed E-state index contributed by atoms with van der Waals surface area (Å²) in [6.07, 6.45) is 8.53. The molecule has 1 amide bonds. The topological polar surface area (TPSA) is 32.3 Å². The van der Waals surface area contributed by atoms with E-state index in [1.165, 1.54) is 25.7 Å². The molecule has 0 atom stereocenters. The molecule has 1 N–H and O–H groups in total. The normalized spacial score (nSPS) is 36.7. The third-order valence-corrected chi connectivity index (χ3v) is 4.91. The summed E-state index contributed by atoms with van der Waals surface area (Å²) in [5.74, 6) is 0.914. The van der Waals surface area contributed by atoms with Crippen molar-refractivity contribution in [2.45, 2.75) is 64.0 Å². The lowest BCUT2D eigenvalue weighted by Crippen LogP contribution is -2.54. The number of piperidine rings is 1. The summed E-state index contributed by atoms with van der Waals surface area (Å²) in [4.78, 5) is 13.1. The number of hydrogen-bond donors (Lipinski definition) is 1. The van der Waals surface area contributed by atoms with E-state index < -0.39 is 0 Å². The number of likely N-dealkylation sites (tertiary alicyclic amines) is 1. The number of amides is 1. The Kier molecular flexibility index (Phi) is 4.08. The lowest BCUT2D eigenvalue weighted by Gasteiger charge is -2.48. The fraction of sp³-hybridized carbons (Fsp3) is 0.929. The van der Waals surface area contributed by atoms with E-state index >= 15 is 0 Å². The molecule has 0 radical (unpaired) electrons. The van der Waals surface area contributed by atoms with Gasteiger partial charge in [-0.1, -0.05) is 6.92 Å². The van der Waals surface area contributed by atoms with Crippen LogP contribution >= 0.6 is 0 Å². The predicted octanol–water partition coefficient (Wildman–Crippen LogP) is 2.17. The minimum Gasteiger partial charge on any atom is -0.356 e. The lowest BCUT2D eigenvalue weighted by atomic mass is 9.76. The third kappa shape index (κ3) is 3.01. The number of hydrogen-bond acceptors (Lipinski definition) is 2. The molecule has 2 rings (SSSR count). The van der Waals surface area contributed by atoms with Crippen LogP contribution in [-0.4, -0.2) is 36.0 Å². The first kappa shape index (κ1) is 12.9. The number of carbonyl (C=O) groups excluding carboxylic acids is 1. The standard InChI is InChI=1S/C14H26N2O/c1-12-3-7-14(2,8-4-12)16-9-5-13(6-10-16)15-11-17/h11-13H,3-10H2,1-2H3,(H,15,17). The second-order valence-electron chi connectivity index (χ2n) is 6.23. The minimum atomic E-state index is 0.412. The second kappa shape index (κ2) is 5.38. The Hall–Kier alpha value is -0.570. The molecule has 1 saturated heterocycles. The van der Waals surface area contributed by atoms with Gasteiger partial charge in [0.15, 0.2) is 0 Å². The Morgan fingerprint density at radius 3 is 2.29 bits per heavy atom. The van der Waals surface area contributed by atoms with Crippen molar-refractivity contribution < 1.29 is 4.79 Å². The van der Waals surface area contributed by atoms with Gasteiger partial charge in [-0.3, -0.25) is 9.69 Å². The summed E-state index contributed by atoms with van der Waals surface area (Å²) >= 11 is 0. The van der Waals surface area contributed by atoms with Gasteiger partial charge in [0, 0.05) is 24.7 Å². The highest BCUT2D eigenvalue weighted by Crippen LogP contribution is 2.37. The van der Waals surface area contributed by atoms with Gasteiger partial charge in [-0.05, 0) is 51.4 Å². The highest BCUT2D eigenvalue weighted by molar-refractivity contribution is 5.46. The van der Waals surface area contributed by atoms with Crippen LogP contribution in [0.4, 0.5) is 0 Å². The van der Waals surface area contributed by atoms with Crippen molar-refractivity contribution in [2.75, 3.05) is 13.1 Å². The molecule has 1 saturated carbocycles. The van der Waals surface area contributed by atoms with Gasteiger partial charge in [0.05, 0.1) is 0 Å². The fourth-order valence-electron chi connectivity index (χ4n) is 3.38. The molecule has 0 aromatic carbocycles. The molecule has 3 nitrogen and oxygen atoms in total. The molecule has 17 heavy (non-hydrogen) atoms. The molecule has 1 aliphatic carbocycles. The zero-order chi connectivity index (χ0) is 12.3. The van der Waals surface area contributed by atoms with E-state index in [9.17, 15) is 4.79 Å². The van der Waals surface area contributed by atoms with Gasteiger partial charge in [0.1, 0.15) is 0 Å². The lowest BCUT2D eigenvalue weighted by molar-refractivity contribution is -0.110. The molecule has 98 valence electrons. The van der Waals surface area contributed by atoms with E-state index in [2.05, 4.69) is 24.1 Å². The fourth-order valence-corrected chi connectivity index (χ4v) is 3.38. The van der Waals surface area contributed by atoms with Crippen LogP contribution in [0.1, 0.15) is 52.4 Å². The van der Waals surface area contributed by atoms with Crippen LogP contribution in [0.2, 0.25) is 0 Å². The molecule has 0 spiro atoms. The van der Waals surface area contributed by atoms with Crippen molar-refractivity contribution in [3.05, 3.63) is 0 Å². The first-order valence-electron chi connectivity index (χ1n) is 7.09. The highest BCUT2D eigenvalue weighted by atomic mass is 16.1. The van der Waals surface area contributed by atoms with Crippen molar-refractivity contribution in [3.8, 4) is 0 Å². The quantitative estimate of drug-likeness (QED) is 0.764. The van der Waals surface area contributed by atoms with Crippen LogP contribution in [0.15, 0.2) is 0 Å². The van der Waals surface area contributed by atoms with E-state index in [0.29, 0.717) is 11.6 Å². The van der Waals surface area contributed by atoms with E-state index in [1.54, 1.807) is 0 Å². The van der Waals surface area contributed by atoms with Crippen molar-refractivity contribution >= 4 is 6.41 Å². The molecular formula is C14H26N2O. The smallest absolute Gasteiger partial charge is 0.207 e. The van der Waals surface area contributed by atoms with E-state index in [-0.39, 0.29) is 0 Å². The maximum atomic E-state index is 10.4. The molecule has 1 heterocycles. The third-order valence-electron chi connectivity index (χ3n) is 4.91. The van der Waals surface area contributed by atoms with Crippen molar-refractivity contribution in [1.29, 1.82) is 0 Å². The monoisotopic (exact) mass is 238 g/mol. The summed E-state index contributed by atoms with van der Waals surface area (Å²) in [5.41, 5.74) is 0.429. The molecule has 3 heteroatoms. The molecule has 2 aliphatic rings. The zero-order valence-electron chi connectivity index (χ0n) is 11.2. The summed E-state index contributed by atoms with van der Waals surface area (Å²) in [6.45, 7) is 7.11. The van der Waals surface area contributed by atoms with Crippen LogP contribution in [0, 0.1) is 5.92 Å². The molecular weight excluding hydrogens is 212 g/mol. The number of carbonyl (C=O) groups is 1. The molecule has 0 aromatic rings. The van der Waals surface area contributed by atoms with Gasteiger partial charge in [-0.2, -0.15) is 0 Å². The zero-order valence-corrected chi connectivity index (χ0v) is 11.2. The largest absolute Gasteiger partial charge is 0.356 e. The van der Waals surface area contributed by atoms with Crippen LogP contribution < -0.4 is 5.32 Å². The number of nitrogens with one attached hydrogen (secondary N) is 1. The molecule has 0 bridgehead atoms. The number of rotatable bonds is 3. The summed E-state index contributed by atoms with van der Waals surface area (Å²) in [5, 5.41) is 2.92. The molecule has 1 aliphatic heterocycles. The second-order valence-corrected chi connectivity index (χ2v) is 6.23. The minimum absolute atomic E-state index is 0.412. The van der Waals surface area contributed by atoms with E-state index in [0.717, 1.165) is 38.3 Å². The van der Waals surface area contributed by atoms with Gasteiger partial charge in [0.2, 0.25) is 6.41 Å². The summed E-state index contributed by atoms with van der Waals surface area (Å²) < 4.78 is 0. The summed E-state index contributed by atoms with van der Waals surface area (Å²) in [7, 11) is 0. The van der Waals surface area contributed by atoms with Gasteiger partial charge < -0.3 is 5.32 Å². The number of nitrogens with zero attached hydrogens (tertiary/aromatic N) is 1. The Balaban J connectivity index is 1.85. The van der Waals surface area contributed by atoms with Gasteiger partial charge in [0.25, 0.3) is 0 Å². The van der Waals surface area contributed by atoms with E-state index in [1.807, 2.05) is 0 Å². The van der Waals surface area contributed by atoms with Crippen LogP contribution in [0.3, 0.4) is 0 Å². The summed E-state index contributed by atoms with van der Waals surface area (Å²) in [6, 6.07) is 0.412. The Morgan fingerprint density at radius 1 is 1.18 bits per heavy atom. The van der Waals surface area contributed by atoms with Crippen LogP contribution in [-0.2, 0) is 4.79 Å². The Bertz CT molecular complexity index is 251. The molecule has 0 unspecified atom stereocenters. The van der Waals surface area contributed by atoms with Crippen molar-refractivity contribution in [2.24, 2.45) is 5.92 Å². The molecule has 2 fully saturated rings. The average Bonchev–Trinajstić information content (AvgIpc) is 2.35. The van der Waals surface area contributed by atoms with Crippen molar-refractivity contribution in [1.82, 2.24) is 10.2 Å². The maximum absolute atomic E-state index is 10.4. The highest BCUT2D eigenvalue weighted by Gasteiger charge is 2.36. The van der Waals surface area contributed by atoms with Crippen LogP contribution in [0.5, 0.6) is 0 Å². The first-order chi connectivity index (χ1) is 8.14. The van der Waals surface area contributed by atoms with Gasteiger partial charge in [-0.15, -0.1) is 0 Å². The first-order valence-corrected chi connectivity index (χ1v) is 7.09. The van der Waals surface area contributed by atoms with Gasteiger partial charge >= 0.3 is 0 Å². The van der Waals surface area contributed by atoms with Crippen LogP contribution in [0.25, 0.3) is 0 Å². The predicted molar refractivity (Wildman–Crippen MR) is 69.8 cm³/mol. The molecule has 0 aromatic heterocycles.